The van der Waals surface area contributed by atoms with Crippen LogP contribution in [0.5, 0.6) is 0 Å². The number of rotatable bonds is 4. The lowest BCUT2D eigenvalue weighted by Gasteiger charge is -2.35. The monoisotopic (exact) mass is 281 g/mol. The molecule has 0 aliphatic carbocycles. The molecule has 116 valence electrons. The Bertz CT molecular complexity index is 313. The molecule has 4 heteroatoms. The van der Waals surface area contributed by atoms with Gasteiger partial charge in [0, 0.05) is 13.1 Å². The highest BCUT2D eigenvalue weighted by Crippen LogP contribution is 2.22. The smallest absolute Gasteiger partial charge is 0.239 e. The first kappa shape index (κ1) is 15.8. The molecule has 0 radical (unpaired) electrons. The first-order valence-corrected chi connectivity index (χ1v) is 8.32. The minimum Gasteiger partial charge on any atom is -0.341 e. The summed E-state index contributed by atoms with van der Waals surface area (Å²) in [7, 11) is 1.91. The summed E-state index contributed by atoms with van der Waals surface area (Å²) in [5, 5.41) is 3.20. The van der Waals surface area contributed by atoms with E-state index in [2.05, 4.69) is 29.0 Å². The van der Waals surface area contributed by atoms with E-state index in [1.807, 2.05) is 7.05 Å². The Kier molecular flexibility index (Phi) is 5.85. The average Bonchev–Trinajstić information content (AvgIpc) is 2.60. The Labute approximate surface area is 123 Å². The quantitative estimate of drug-likeness (QED) is 0.849. The predicted octanol–water partition coefficient (Wildman–Crippen LogP) is 1.56. The Morgan fingerprint density at radius 2 is 1.90 bits per heavy atom. The Morgan fingerprint density at radius 3 is 2.50 bits per heavy atom. The lowest BCUT2D eigenvalue weighted by Crippen LogP contribution is -2.47. The van der Waals surface area contributed by atoms with Gasteiger partial charge in [-0.2, -0.15) is 0 Å². The molecular formula is C16H31N3O. The van der Waals surface area contributed by atoms with Crippen LogP contribution in [-0.2, 0) is 4.79 Å². The van der Waals surface area contributed by atoms with Crippen molar-refractivity contribution >= 4 is 5.91 Å². The van der Waals surface area contributed by atoms with Gasteiger partial charge in [-0.15, -0.1) is 0 Å². The lowest BCUT2D eigenvalue weighted by atomic mass is 9.95. The van der Waals surface area contributed by atoms with Gasteiger partial charge in [0.25, 0.3) is 0 Å². The highest BCUT2D eigenvalue weighted by molar-refractivity contribution is 5.82. The fourth-order valence-electron chi connectivity index (χ4n) is 3.58. The predicted molar refractivity (Wildman–Crippen MR) is 82.7 cm³/mol. The maximum atomic E-state index is 12.6. The van der Waals surface area contributed by atoms with Crippen LogP contribution < -0.4 is 5.32 Å². The number of likely N-dealkylation sites (N-methyl/N-ethyl adjacent to an activating group) is 1. The van der Waals surface area contributed by atoms with Gasteiger partial charge in [0.1, 0.15) is 0 Å². The standard InChI is InChI=1S/C16H31N3O/c1-4-18-9-7-14(8-10-18)12-19-11-13(2)5-6-15(17-3)16(19)20/h13-15,17H,4-12H2,1-3H3. The summed E-state index contributed by atoms with van der Waals surface area (Å²) in [5.41, 5.74) is 0. The molecule has 2 unspecified atom stereocenters. The number of likely N-dealkylation sites (tertiary alicyclic amines) is 2. The Morgan fingerprint density at radius 1 is 1.20 bits per heavy atom. The van der Waals surface area contributed by atoms with Crippen LogP contribution in [0.15, 0.2) is 0 Å². The summed E-state index contributed by atoms with van der Waals surface area (Å²) in [4.78, 5) is 17.2. The van der Waals surface area contributed by atoms with Crippen LogP contribution in [0, 0.1) is 11.8 Å². The maximum absolute atomic E-state index is 12.6. The van der Waals surface area contributed by atoms with E-state index in [9.17, 15) is 4.79 Å². The summed E-state index contributed by atoms with van der Waals surface area (Å²) in [5.74, 6) is 1.66. The summed E-state index contributed by atoms with van der Waals surface area (Å²) in [6.45, 7) is 10.00. The minimum atomic E-state index is 0.0377. The van der Waals surface area contributed by atoms with Gasteiger partial charge in [0.2, 0.25) is 5.91 Å². The summed E-state index contributed by atoms with van der Waals surface area (Å²) in [6.07, 6.45) is 4.63. The third-order valence-corrected chi connectivity index (χ3v) is 5.07. The van der Waals surface area contributed by atoms with Crippen LogP contribution in [0.2, 0.25) is 0 Å². The number of carbonyl (C=O) groups is 1. The Hall–Kier alpha value is -0.610. The normalized spacial score (nSPS) is 30.6. The Balaban J connectivity index is 1.90. The van der Waals surface area contributed by atoms with E-state index in [0.717, 1.165) is 32.5 Å². The van der Waals surface area contributed by atoms with Crippen LogP contribution in [-0.4, -0.2) is 61.5 Å². The topological polar surface area (TPSA) is 35.6 Å². The van der Waals surface area contributed by atoms with Crippen molar-refractivity contribution < 1.29 is 4.79 Å². The van der Waals surface area contributed by atoms with Gasteiger partial charge in [0.15, 0.2) is 0 Å². The van der Waals surface area contributed by atoms with Crippen molar-refractivity contribution in [3.05, 3.63) is 0 Å². The van der Waals surface area contributed by atoms with Gasteiger partial charge in [0.05, 0.1) is 6.04 Å². The molecule has 0 bridgehead atoms. The fraction of sp³-hybridized carbons (Fsp3) is 0.938. The van der Waals surface area contributed by atoms with Crippen molar-refractivity contribution in [2.45, 2.75) is 45.6 Å². The minimum absolute atomic E-state index is 0.0377. The molecule has 0 aromatic rings. The number of nitrogens with one attached hydrogen (secondary N) is 1. The number of hydrogen-bond acceptors (Lipinski definition) is 3. The summed E-state index contributed by atoms with van der Waals surface area (Å²) >= 11 is 0. The van der Waals surface area contributed by atoms with Crippen LogP contribution in [0.25, 0.3) is 0 Å². The third kappa shape index (κ3) is 3.95. The zero-order valence-electron chi connectivity index (χ0n) is 13.4. The van der Waals surface area contributed by atoms with E-state index >= 15 is 0 Å². The molecule has 2 heterocycles. The molecule has 1 N–H and O–H groups in total. The van der Waals surface area contributed by atoms with E-state index in [0.29, 0.717) is 17.7 Å². The first-order chi connectivity index (χ1) is 9.63. The molecule has 2 saturated heterocycles. The van der Waals surface area contributed by atoms with Gasteiger partial charge in [-0.25, -0.2) is 0 Å². The second-order valence-electron chi connectivity index (χ2n) is 6.64. The second kappa shape index (κ2) is 7.41. The molecule has 2 atom stereocenters. The number of carbonyl (C=O) groups excluding carboxylic acids is 1. The highest BCUT2D eigenvalue weighted by atomic mass is 16.2. The first-order valence-electron chi connectivity index (χ1n) is 8.32. The van der Waals surface area contributed by atoms with Gasteiger partial charge < -0.3 is 15.1 Å². The van der Waals surface area contributed by atoms with Crippen LogP contribution in [0.4, 0.5) is 0 Å². The lowest BCUT2D eigenvalue weighted by molar-refractivity contribution is -0.133. The van der Waals surface area contributed by atoms with E-state index in [-0.39, 0.29) is 6.04 Å². The van der Waals surface area contributed by atoms with Crippen molar-refractivity contribution in [1.29, 1.82) is 0 Å². The third-order valence-electron chi connectivity index (χ3n) is 5.07. The zero-order valence-corrected chi connectivity index (χ0v) is 13.4. The maximum Gasteiger partial charge on any atom is 0.239 e. The summed E-state index contributed by atoms with van der Waals surface area (Å²) in [6, 6.07) is 0.0377. The van der Waals surface area contributed by atoms with E-state index in [1.165, 1.54) is 25.9 Å². The van der Waals surface area contributed by atoms with Crippen molar-refractivity contribution in [3.8, 4) is 0 Å². The van der Waals surface area contributed by atoms with Crippen molar-refractivity contribution in [1.82, 2.24) is 15.1 Å². The van der Waals surface area contributed by atoms with E-state index in [1.54, 1.807) is 0 Å². The van der Waals surface area contributed by atoms with Gasteiger partial charge in [-0.05, 0) is 64.2 Å². The van der Waals surface area contributed by atoms with Crippen molar-refractivity contribution in [2.24, 2.45) is 11.8 Å². The number of amides is 1. The molecule has 2 fully saturated rings. The molecule has 2 aliphatic rings. The molecule has 0 aromatic carbocycles. The molecule has 2 rings (SSSR count). The molecule has 0 aromatic heterocycles. The molecule has 20 heavy (non-hydrogen) atoms. The molecule has 2 aliphatic heterocycles. The molecule has 4 nitrogen and oxygen atoms in total. The zero-order chi connectivity index (χ0) is 14.5. The number of hydrogen-bond donors (Lipinski definition) is 1. The van der Waals surface area contributed by atoms with E-state index in [4.69, 9.17) is 0 Å². The fourth-order valence-corrected chi connectivity index (χ4v) is 3.58. The number of piperidine rings is 1. The average molecular weight is 281 g/mol. The molecule has 0 saturated carbocycles. The van der Waals surface area contributed by atoms with Crippen LogP contribution in [0.3, 0.4) is 0 Å². The van der Waals surface area contributed by atoms with Gasteiger partial charge in [-0.3, -0.25) is 4.79 Å². The van der Waals surface area contributed by atoms with Crippen molar-refractivity contribution in [2.75, 3.05) is 39.8 Å². The van der Waals surface area contributed by atoms with Crippen molar-refractivity contribution in [3.63, 3.8) is 0 Å². The second-order valence-corrected chi connectivity index (χ2v) is 6.64. The largest absolute Gasteiger partial charge is 0.341 e. The molecular weight excluding hydrogens is 250 g/mol. The van der Waals surface area contributed by atoms with Crippen LogP contribution >= 0.6 is 0 Å². The van der Waals surface area contributed by atoms with Gasteiger partial charge >= 0.3 is 0 Å². The summed E-state index contributed by atoms with van der Waals surface area (Å²) < 4.78 is 0. The molecule has 0 spiro atoms. The number of nitrogens with zero attached hydrogens (tertiary/aromatic N) is 2. The van der Waals surface area contributed by atoms with E-state index < -0.39 is 0 Å². The highest BCUT2D eigenvalue weighted by Gasteiger charge is 2.30. The molecule has 1 amide bonds. The van der Waals surface area contributed by atoms with Gasteiger partial charge in [-0.1, -0.05) is 13.8 Å². The SMILES string of the molecule is CCN1CCC(CN2CC(C)CCC(NC)C2=O)CC1. The van der Waals surface area contributed by atoms with Crippen LogP contribution in [0.1, 0.15) is 39.5 Å².